The SMILES string of the molecule is O=C(CCC(=O)c1ccc2c(c1)CCCC2)NCCCc1ccccc1. The van der Waals surface area contributed by atoms with Crippen molar-refractivity contribution in [1.29, 1.82) is 0 Å². The van der Waals surface area contributed by atoms with E-state index in [0.29, 0.717) is 6.54 Å². The van der Waals surface area contributed by atoms with Crippen LogP contribution in [0.4, 0.5) is 0 Å². The molecule has 0 spiro atoms. The molecule has 136 valence electrons. The Hall–Kier alpha value is -2.42. The largest absolute Gasteiger partial charge is 0.356 e. The van der Waals surface area contributed by atoms with Crippen LogP contribution < -0.4 is 5.32 Å². The van der Waals surface area contributed by atoms with Crippen LogP contribution >= 0.6 is 0 Å². The van der Waals surface area contributed by atoms with Crippen LogP contribution in [0.15, 0.2) is 48.5 Å². The van der Waals surface area contributed by atoms with Gasteiger partial charge in [-0.3, -0.25) is 9.59 Å². The van der Waals surface area contributed by atoms with Gasteiger partial charge in [0.2, 0.25) is 5.91 Å². The molecule has 0 saturated heterocycles. The minimum absolute atomic E-state index is 0.0376. The highest BCUT2D eigenvalue weighted by Gasteiger charge is 2.14. The summed E-state index contributed by atoms with van der Waals surface area (Å²) in [5.74, 6) is 0.0298. The van der Waals surface area contributed by atoms with Gasteiger partial charge in [-0.2, -0.15) is 0 Å². The minimum Gasteiger partial charge on any atom is -0.356 e. The first-order valence-corrected chi connectivity index (χ1v) is 9.68. The fourth-order valence-electron chi connectivity index (χ4n) is 3.53. The van der Waals surface area contributed by atoms with E-state index in [1.54, 1.807) is 0 Å². The van der Waals surface area contributed by atoms with Crippen LogP contribution in [0.3, 0.4) is 0 Å². The number of carbonyl (C=O) groups is 2. The van der Waals surface area contributed by atoms with E-state index in [1.165, 1.54) is 29.5 Å². The Balaban J connectivity index is 1.38. The maximum Gasteiger partial charge on any atom is 0.220 e. The number of aryl methyl sites for hydroxylation is 3. The Morgan fingerprint density at radius 1 is 0.885 bits per heavy atom. The standard InChI is InChI=1S/C23H27NO2/c25-22(21-13-12-19-10-4-5-11-20(19)17-21)14-15-23(26)24-16-6-9-18-7-2-1-3-8-18/h1-3,7-8,12-13,17H,4-6,9-11,14-16H2,(H,24,26). The molecule has 1 aliphatic rings. The van der Waals surface area contributed by atoms with Crippen LogP contribution in [0.5, 0.6) is 0 Å². The second-order valence-electron chi connectivity index (χ2n) is 7.05. The maximum atomic E-state index is 12.4. The summed E-state index contributed by atoms with van der Waals surface area (Å²) in [6.07, 6.45) is 7.04. The molecule has 1 amide bonds. The van der Waals surface area contributed by atoms with Crippen molar-refractivity contribution in [3.05, 3.63) is 70.8 Å². The van der Waals surface area contributed by atoms with Crippen molar-refractivity contribution >= 4 is 11.7 Å². The molecule has 26 heavy (non-hydrogen) atoms. The van der Waals surface area contributed by atoms with Crippen LogP contribution in [-0.2, 0) is 24.1 Å². The lowest BCUT2D eigenvalue weighted by molar-refractivity contribution is -0.121. The van der Waals surface area contributed by atoms with Gasteiger partial charge in [0.05, 0.1) is 0 Å². The Bertz CT molecular complexity index is 752. The third kappa shape index (κ3) is 5.29. The average Bonchev–Trinajstić information content (AvgIpc) is 2.70. The lowest BCUT2D eigenvalue weighted by Gasteiger charge is -2.16. The van der Waals surface area contributed by atoms with Crippen molar-refractivity contribution in [3.63, 3.8) is 0 Å². The fraction of sp³-hybridized carbons (Fsp3) is 0.391. The molecule has 3 heteroatoms. The van der Waals surface area contributed by atoms with E-state index in [9.17, 15) is 9.59 Å². The molecule has 0 heterocycles. The highest BCUT2D eigenvalue weighted by Crippen LogP contribution is 2.22. The number of rotatable bonds is 8. The van der Waals surface area contributed by atoms with Gasteiger partial charge in [-0.15, -0.1) is 0 Å². The van der Waals surface area contributed by atoms with Crippen molar-refractivity contribution in [2.45, 2.75) is 51.4 Å². The molecule has 3 nitrogen and oxygen atoms in total. The molecule has 0 radical (unpaired) electrons. The van der Waals surface area contributed by atoms with E-state index < -0.39 is 0 Å². The molecule has 0 aliphatic heterocycles. The Morgan fingerprint density at radius 2 is 1.65 bits per heavy atom. The van der Waals surface area contributed by atoms with E-state index in [2.05, 4.69) is 23.5 Å². The first-order valence-electron chi connectivity index (χ1n) is 9.68. The fourth-order valence-corrected chi connectivity index (χ4v) is 3.53. The third-order valence-electron chi connectivity index (χ3n) is 5.06. The van der Waals surface area contributed by atoms with Crippen molar-refractivity contribution in [2.24, 2.45) is 0 Å². The van der Waals surface area contributed by atoms with Gasteiger partial charge in [0, 0.05) is 24.9 Å². The maximum absolute atomic E-state index is 12.4. The molecule has 0 saturated carbocycles. The van der Waals surface area contributed by atoms with Gasteiger partial charge >= 0.3 is 0 Å². The molecule has 0 unspecified atom stereocenters. The molecular weight excluding hydrogens is 322 g/mol. The average molecular weight is 349 g/mol. The van der Waals surface area contributed by atoms with E-state index >= 15 is 0 Å². The zero-order valence-electron chi connectivity index (χ0n) is 15.3. The van der Waals surface area contributed by atoms with Gasteiger partial charge in [0.25, 0.3) is 0 Å². The summed E-state index contributed by atoms with van der Waals surface area (Å²) in [6.45, 7) is 0.654. The molecular formula is C23H27NO2. The van der Waals surface area contributed by atoms with Crippen LogP contribution in [0, 0.1) is 0 Å². The number of hydrogen-bond donors (Lipinski definition) is 1. The van der Waals surface area contributed by atoms with Crippen LogP contribution in [0.1, 0.15) is 59.2 Å². The smallest absolute Gasteiger partial charge is 0.220 e. The van der Waals surface area contributed by atoms with Crippen molar-refractivity contribution < 1.29 is 9.59 Å². The number of carbonyl (C=O) groups excluding carboxylic acids is 2. The van der Waals surface area contributed by atoms with Crippen molar-refractivity contribution in [2.75, 3.05) is 6.54 Å². The summed E-state index contributed by atoms with van der Waals surface area (Å²) in [7, 11) is 0. The van der Waals surface area contributed by atoms with Crippen LogP contribution in [0.25, 0.3) is 0 Å². The number of Topliss-reactive ketones (excluding diaryl/α,β-unsaturated/α-hetero) is 1. The second kappa shape index (κ2) is 9.33. The van der Waals surface area contributed by atoms with Gasteiger partial charge in [-0.1, -0.05) is 42.5 Å². The molecule has 2 aromatic carbocycles. The Kier molecular flexibility index (Phi) is 6.59. The van der Waals surface area contributed by atoms with Crippen molar-refractivity contribution in [3.8, 4) is 0 Å². The zero-order chi connectivity index (χ0) is 18.2. The highest BCUT2D eigenvalue weighted by molar-refractivity contribution is 5.98. The predicted octanol–water partition coefficient (Wildman–Crippen LogP) is 4.28. The van der Waals surface area contributed by atoms with Gasteiger partial charge in [0.15, 0.2) is 5.78 Å². The minimum atomic E-state index is -0.0376. The summed E-state index contributed by atoms with van der Waals surface area (Å²) >= 11 is 0. The first-order chi connectivity index (χ1) is 12.7. The molecule has 0 atom stereocenters. The number of nitrogens with one attached hydrogen (secondary N) is 1. The van der Waals surface area contributed by atoms with E-state index in [1.807, 2.05) is 30.3 Å². The number of hydrogen-bond acceptors (Lipinski definition) is 2. The summed E-state index contributed by atoms with van der Waals surface area (Å²) in [5.41, 5.74) is 4.73. The normalized spacial score (nSPS) is 13.1. The molecule has 0 aromatic heterocycles. The monoisotopic (exact) mass is 349 g/mol. The van der Waals surface area contributed by atoms with Gasteiger partial charge < -0.3 is 5.32 Å². The van der Waals surface area contributed by atoms with Crippen LogP contribution in [0.2, 0.25) is 0 Å². The molecule has 1 N–H and O–H groups in total. The number of amides is 1. The Morgan fingerprint density at radius 3 is 2.46 bits per heavy atom. The molecule has 3 rings (SSSR count). The van der Waals surface area contributed by atoms with E-state index in [4.69, 9.17) is 0 Å². The second-order valence-corrected chi connectivity index (χ2v) is 7.05. The third-order valence-corrected chi connectivity index (χ3v) is 5.06. The van der Waals surface area contributed by atoms with Crippen LogP contribution in [-0.4, -0.2) is 18.2 Å². The van der Waals surface area contributed by atoms with Gasteiger partial charge in [-0.05, 0) is 61.3 Å². The Labute approximate surface area is 155 Å². The summed E-state index contributed by atoms with van der Waals surface area (Å²) in [6, 6.07) is 16.3. The highest BCUT2D eigenvalue weighted by atomic mass is 16.2. The lowest BCUT2D eigenvalue weighted by Crippen LogP contribution is -2.25. The van der Waals surface area contributed by atoms with E-state index in [0.717, 1.165) is 31.2 Å². The van der Waals surface area contributed by atoms with Crippen molar-refractivity contribution in [1.82, 2.24) is 5.32 Å². The molecule has 1 aliphatic carbocycles. The lowest BCUT2D eigenvalue weighted by atomic mass is 9.89. The number of fused-ring (bicyclic) bond motifs is 1. The number of ketones is 1. The quantitative estimate of drug-likeness (QED) is 0.571. The topological polar surface area (TPSA) is 46.2 Å². The zero-order valence-corrected chi connectivity index (χ0v) is 15.3. The summed E-state index contributed by atoms with van der Waals surface area (Å²) in [5, 5.41) is 2.92. The molecule has 0 bridgehead atoms. The van der Waals surface area contributed by atoms with Gasteiger partial charge in [-0.25, -0.2) is 0 Å². The predicted molar refractivity (Wildman–Crippen MR) is 104 cm³/mol. The number of benzene rings is 2. The van der Waals surface area contributed by atoms with E-state index in [-0.39, 0.29) is 24.5 Å². The van der Waals surface area contributed by atoms with Gasteiger partial charge in [0.1, 0.15) is 0 Å². The molecule has 2 aromatic rings. The summed E-state index contributed by atoms with van der Waals surface area (Å²) < 4.78 is 0. The first kappa shape index (κ1) is 18.4. The molecule has 0 fully saturated rings. The summed E-state index contributed by atoms with van der Waals surface area (Å²) in [4.78, 5) is 24.3.